The number of benzene rings is 6. The van der Waals surface area contributed by atoms with E-state index in [9.17, 15) is 24.0 Å². The van der Waals surface area contributed by atoms with Crippen LogP contribution in [0.1, 0.15) is 121 Å². The highest BCUT2D eigenvalue weighted by Crippen LogP contribution is 2.34. The molecule has 4 aromatic heterocycles. The maximum absolute atomic E-state index is 12.8. The lowest BCUT2D eigenvalue weighted by molar-refractivity contribution is 0.0695. The predicted octanol–water partition coefficient (Wildman–Crippen LogP) is 8.82. The van der Waals surface area contributed by atoms with Crippen molar-refractivity contribution in [1.29, 1.82) is 0 Å². The summed E-state index contributed by atoms with van der Waals surface area (Å²) in [6, 6.07) is 53.6. The first-order valence-corrected chi connectivity index (χ1v) is 31.6. The lowest BCUT2D eigenvalue weighted by Gasteiger charge is -2.16. The van der Waals surface area contributed by atoms with E-state index in [2.05, 4.69) is 142 Å². The fourth-order valence-corrected chi connectivity index (χ4v) is 12.5. The molecule has 10 aromatic rings. The van der Waals surface area contributed by atoms with Crippen molar-refractivity contribution >= 4 is 17.4 Å². The summed E-state index contributed by atoms with van der Waals surface area (Å²) in [5.74, 6) is 3.34. The number of nitrogens with zero attached hydrogens (tertiary/aromatic N) is 10. The molecule has 3 aliphatic heterocycles. The molecular formula is C72H81N15O6. The van der Waals surface area contributed by atoms with E-state index in [-0.39, 0.29) is 64.8 Å². The molecule has 0 aliphatic carbocycles. The van der Waals surface area contributed by atoms with Crippen LogP contribution in [0.25, 0.3) is 16.9 Å². The number of nitrogens with two attached hydrogens (primary N) is 1. The zero-order valence-electron chi connectivity index (χ0n) is 53.4. The van der Waals surface area contributed by atoms with E-state index in [1.165, 1.54) is 16.7 Å². The van der Waals surface area contributed by atoms with Gasteiger partial charge in [0.05, 0.1) is 18.3 Å². The second-order valence-electron chi connectivity index (χ2n) is 24.6. The van der Waals surface area contributed by atoms with Crippen molar-refractivity contribution in [3.05, 3.63) is 274 Å². The summed E-state index contributed by atoms with van der Waals surface area (Å²) in [7, 11) is 0. The van der Waals surface area contributed by atoms with E-state index in [0.29, 0.717) is 51.9 Å². The third-order valence-corrected chi connectivity index (χ3v) is 17.6. The molecule has 7 heterocycles. The Morgan fingerprint density at radius 3 is 1.34 bits per heavy atom. The van der Waals surface area contributed by atoms with Gasteiger partial charge in [-0.15, -0.1) is 20.4 Å². The number of carbonyl (C=O) groups is 2. The summed E-state index contributed by atoms with van der Waals surface area (Å²) in [5, 5.41) is 32.7. The quantitative estimate of drug-likeness (QED) is 0.0559. The summed E-state index contributed by atoms with van der Waals surface area (Å²) in [5.41, 5.74) is 14.4. The molecule has 3 saturated heterocycles. The minimum absolute atomic E-state index is 0.0378. The van der Waals surface area contributed by atoms with Crippen LogP contribution in [0.3, 0.4) is 0 Å². The Morgan fingerprint density at radius 2 is 0.914 bits per heavy atom. The van der Waals surface area contributed by atoms with Gasteiger partial charge >= 0.3 is 5.97 Å². The second kappa shape index (κ2) is 30.9. The molecule has 13 rings (SSSR count). The fraction of sp³-hybridized carbons (Fsp3) is 0.319. The van der Waals surface area contributed by atoms with Crippen molar-refractivity contribution in [2.24, 2.45) is 23.5 Å². The lowest BCUT2D eigenvalue weighted by Crippen LogP contribution is -2.30. The Bertz CT molecular complexity index is 4330. The van der Waals surface area contributed by atoms with Crippen LogP contribution in [0.2, 0.25) is 0 Å². The Labute approximate surface area is 540 Å². The topological polar surface area (TPSA) is 282 Å². The number of carboxylic acids is 1. The number of aryl methyl sites for hydroxylation is 3. The minimum Gasteiger partial charge on any atom is -0.478 e. The van der Waals surface area contributed by atoms with Gasteiger partial charge in [0.1, 0.15) is 28.9 Å². The number of rotatable bonds is 15. The first-order valence-electron chi connectivity index (χ1n) is 31.6. The molecule has 6 atom stereocenters. The first kappa shape index (κ1) is 66.0. The number of carbonyl (C=O) groups excluding carboxylic acids is 1. The molecule has 0 saturated carbocycles. The summed E-state index contributed by atoms with van der Waals surface area (Å²) >= 11 is 0. The van der Waals surface area contributed by atoms with Crippen molar-refractivity contribution < 1.29 is 14.7 Å². The summed E-state index contributed by atoms with van der Waals surface area (Å²) in [6.45, 7) is 20.6. The Morgan fingerprint density at radius 1 is 0.505 bits per heavy atom. The molecule has 21 heteroatoms. The van der Waals surface area contributed by atoms with Crippen molar-refractivity contribution in [3.8, 4) is 11.4 Å². The highest BCUT2D eigenvalue weighted by molar-refractivity contribution is 5.95. The highest BCUT2D eigenvalue weighted by atomic mass is 16.4. The molecule has 0 radical (unpaired) electrons. The molecular weight excluding hydrogens is 1170 g/mol. The number of aromatic nitrogens is 10. The molecule has 1 amide bonds. The predicted molar refractivity (Wildman–Crippen MR) is 358 cm³/mol. The summed E-state index contributed by atoms with van der Waals surface area (Å²) in [6.07, 6.45) is 1.61. The number of aromatic carboxylic acids is 1. The van der Waals surface area contributed by atoms with E-state index in [4.69, 9.17) is 15.9 Å². The van der Waals surface area contributed by atoms with Crippen LogP contribution >= 0.6 is 0 Å². The monoisotopic (exact) mass is 1250 g/mol. The normalized spacial score (nSPS) is 18.8. The molecule has 6 aromatic carbocycles. The third kappa shape index (κ3) is 16.8. The largest absolute Gasteiger partial charge is 0.478 e. The van der Waals surface area contributed by atoms with E-state index in [1.807, 2.05) is 92.7 Å². The molecule has 480 valence electrons. The second-order valence-corrected chi connectivity index (χ2v) is 24.6. The number of hydrogen-bond donors (Lipinski definition) is 6. The van der Waals surface area contributed by atoms with Gasteiger partial charge in [-0.25, -0.2) is 14.3 Å². The van der Waals surface area contributed by atoms with E-state index >= 15 is 0 Å². The van der Waals surface area contributed by atoms with E-state index in [1.54, 1.807) is 41.9 Å². The summed E-state index contributed by atoms with van der Waals surface area (Å²) < 4.78 is 1.71. The number of aromatic amines is 3. The van der Waals surface area contributed by atoms with Gasteiger partial charge in [0.2, 0.25) is 0 Å². The molecule has 21 nitrogen and oxygen atoms in total. The Kier molecular flexibility index (Phi) is 21.9. The van der Waals surface area contributed by atoms with E-state index in [0.717, 1.165) is 87.0 Å². The van der Waals surface area contributed by atoms with Crippen LogP contribution in [0, 0.1) is 38.5 Å². The molecule has 3 fully saturated rings. The standard InChI is InChI=1S/C24H27N5O2.C24H25N5O.C16H21N5O.C8H8O2/c1-16-8-6-7-11-19(16)23(30)25-12-21-24(31)26-22(28-27-21)20-15-29(13-17(20)2)14-18-9-4-3-5-10-18;1-16-8-6-7-11-19(16)23-25-12-21-24(30)26-22(27-29(21)23)20-15-28(13-17(20)2)14-18-9-4-3-5-10-18;1-11-8-21(9-12-5-3-2-4-6-12)10-13(11)15-18-16(22)14(7-17)19-20-15;1-6-4-2-3-5-7(6)8(9)10/h3-11,17,20H,12-15H2,1-2H3,(H,25,30)(H,26,28,31);3-12,17,20H,13-15H2,1-2H3,(H,26,27,30);2-6,11,13H,7-10,17H2,1H3,(H,18,20,22);2-5H,1H3,(H,9,10). The average Bonchev–Trinajstić information content (AvgIpc) is 1.67. The molecule has 3 aliphatic rings. The minimum atomic E-state index is -0.863. The van der Waals surface area contributed by atoms with Gasteiger partial charge < -0.3 is 31.1 Å². The molecule has 7 N–H and O–H groups in total. The number of H-pyrrole nitrogens is 3. The van der Waals surface area contributed by atoms with Crippen LogP contribution in [-0.4, -0.2) is 121 Å². The van der Waals surface area contributed by atoms with Gasteiger partial charge in [-0.1, -0.05) is 172 Å². The molecule has 6 unspecified atom stereocenters. The number of amides is 1. The first-order chi connectivity index (χ1) is 45.0. The highest BCUT2D eigenvalue weighted by Gasteiger charge is 2.36. The van der Waals surface area contributed by atoms with Crippen LogP contribution in [-0.2, 0) is 32.7 Å². The smallest absolute Gasteiger partial charge is 0.335 e. The number of imidazole rings is 1. The maximum atomic E-state index is 12.8. The number of likely N-dealkylation sites (tertiary alicyclic amines) is 3. The van der Waals surface area contributed by atoms with E-state index < -0.39 is 5.97 Å². The average molecular weight is 1250 g/mol. The SMILES string of the molecule is CC1CN(Cc2ccccc2)CC1c1nnc(CN)c(=O)[nH]1.Cc1ccccc1-c1ncc2c(=O)[nH]c(C3CN(Cc4ccccc4)CC3C)nn12.Cc1ccccc1C(=O)NCc1nnc(C2CN(Cc3ccccc3)CC2C)[nH]c1=O.Cc1ccccc1C(=O)O. The maximum Gasteiger partial charge on any atom is 0.335 e. The number of fused-ring (bicyclic) bond motifs is 1. The Hall–Kier alpha value is -9.93. The van der Waals surface area contributed by atoms with Gasteiger partial charge in [0.15, 0.2) is 11.3 Å². The molecule has 0 bridgehead atoms. The van der Waals surface area contributed by atoms with Gasteiger partial charge in [0, 0.05) is 94.3 Å². The van der Waals surface area contributed by atoms with Crippen molar-refractivity contribution in [1.82, 2.24) is 70.0 Å². The number of nitrogens with one attached hydrogen (secondary N) is 4. The fourth-order valence-electron chi connectivity index (χ4n) is 12.5. The number of carboxylic acid groups (broad SMARTS) is 1. The Balaban J connectivity index is 0.000000143. The summed E-state index contributed by atoms with van der Waals surface area (Å²) in [4.78, 5) is 80.5. The van der Waals surface area contributed by atoms with Crippen LogP contribution < -0.4 is 27.7 Å². The van der Waals surface area contributed by atoms with Crippen LogP contribution in [0.15, 0.2) is 184 Å². The lowest BCUT2D eigenvalue weighted by atomic mass is 9.97. The molecule has 93 heavy (non-hydrogen) atoms. The zero-order chi connectivity index (χ0) is 65.5. The van der Waals surface area contributed by atoms with Gasteiger partial charge in [-0.05, 0) is 84.0 Å². The van der Waals surface area contributed by atoms with Crippen molar-refractivity contribution in [2.45, 2.75) is 92.0 Å². The van der Waals surface area contributed by atoms with Gasteiger partial charge in [-0.3, -0.25) is 33.9 Å². The van der Waals surface area contributed by atoms with Crippen molar-refractivity contribution in [2.75, 3.05) is 39.3 Å². The van der Waals surface area contributed by atoms with Gasteiger partial charge in [-0.2, -0.15) is 5.10 Å². The van der Waals surface area contributed by atoms with Gasteiger partial charge in [0.25, 0.3) is 22.6 Å². The number of hydrogen-bond acceptors (Lipinski definition) is 15. The third-order valence-electron chi connectivity index (χ3n) is 17.6. The van der Waals surface area contributed by atoms with Crippen LogP contribution in [0.4, 0.5) is 0 Å². The zero-order valence-corrected chi connectivity index (χ0v) is 53.4. The van der Waals surface area contributed by atoms with Crippen LogP contribution in [0.5, 0.6) is 0 Å². The molecule has 0 spiro atoms. The van der Waals surface area contributed by atoms with Crippen molar-refractivity contribution in [3.63, 3.8) is 0 Å².